The molecular formula is C33H41NO9. The first kappa shape index (κ1) is 32.0. The monoisotopic (exact) mass is 595 g/mol. The van der Waals surface area contributed by atoms with Crippen molar-refractivity contribution >= 4 is 29.8 Å². The van der Waals surface area contributed by atoms with Crippen molar-refractivity contribution in [3.05, 3.63) is 59.7 Å². The summed E-state index contributed by atoms with van der Waals surface area (Å²) >= 11 is 0. The van der Waals surface area contributed by atoms with E-state index in [-0.39, 0.29) is 48.6 Å². The molecule has 0 radical (unpaired) electrons. The Balaban J connectivity index is 1.48. The third kappa shape index (κ3) is 7.00. The number of benzene rings is 1. The van der Waals surface area contributed by atoms with Gasteiger partial charge in [0.15, 0.2) is 6.10 Å². The number of allylic oxidation sites excluding steroid dienone is 2. The summed E-state index contributed by atoms with van der Waals surface area (Å²) in [4.78, 5) is 61.3. The van der Waals surface area contributed by atoms with Gasteiger partial charge in [-0.25, -0.2) is 4.79 Å². The third-order valence-electron chi connectivity index (χ3n) is 9.44. The molecule has 0 spiro atoms. The fraction of sp³-hybridized carbons (Fsp3) is 0.545. The first-order valence-electron chi connectivity index (χ1n) is 14.7. The zero-order valence-corrected chi connectivity index (χ0v) is 25.3. The van der Waals surface area contributed by atoms with Crippen molar-refractivity contribution in [2.75, 3.05) is 19.8 Å². The van der Waals surface area contributed by atoms with Gasteiger partial charge < -0.3 is 24.3 Å². The Labute approximate surface area is 252 Å². The summed E-state index contributed by atoms with van der Waals surface area (Å²) in [6, 6.07) is 8.51. The van der Waals surface area contributed by atoms with Crippen LogP contribution in [0.4, 0.5) is 0 Å². The van der Waals surface area contributed by atoms with Crippen molar-refractivity contribution < 1.29 is 42.9 Å². The Morgan fingerprint density at radius 3 is 2.47 bits per heavy atom. The van der Waals surface area contributed by atoms with Crippen molar-refractivity contribution in [1.82, 2.24) is 5.32 Å². The number of ether oxygens (including phenoxy) is 4. The van der Waals surface area contributed by atoms with E-state index in [2.05, 4.69) is 18.8 Å². The number of nitrogens with one attached hydrogen (secondary N) is 1. The molecule has 10 nitrogen and oxygen atoms in total. The standard InChI is InChI=1S/C33H41NO9/c1-20-11-14-27-32(4,16-15-28(42-22(3)36)33(27,5)19-41-21(2)35)25(20)13-12-24-26(18-40-31(24)39)43-29(37)17-34-30(38)23-9-7-6-8-10-23/h6-10,12,25-28H,1,11,13-19H2,2-5H3,(H,34,38)/b24-12-/t25-,26?,27?,28-,32+,33+/m1/s1. The average molecular weight is 596 g/mol. The highest BCUT2D eigenvalue weighted by Gasteiger charge is 2.59. The second kappa shape index (κ2) is 13.1. The minimum Gasteiger partial charge on any atom is -0.465 e. The maximum absolute atomic E-state index is 12.7. The van der Waals surface area contributed by atoms with Crippen LogP contribution in [0.15, 0.2) is 54.1 Å². The van der Waals surface area contributed by atoms with Gasteiger partial charge in [0.1, 0.15) is 25.9 Å². The van der Waals surface area contributed by atoms with Gasteiger partial charge in [0.25, 0.3) is 5.91 Å². The zero-order valence-electron chi connectivity index (χ0n) is 25.3. The van der Waals surface area contributed by atoms with E-state index < -0.39 is 41.4 Å². The number of hydrogen-bond donors (Lipinski definition) is 1. The summed E-state index contributed by atoms with van der Waals surface area (Å²) in [5.41, 5.74) is 0.845. The van der Waals surface area contributed by atoms with Crippen LogP contribution in [-0.4, -0.2) is 61.8 Å². The lowest BCUT2D eigenvalue weighted by molar-refractivity contribution is -0.191. The van der Waals surface area contributed by atoms with Crippen LogP contribution in [0.2, 0.25) is 0 Å². The van der Waals surface area contributed by atoms with Gasteiger partial charge in [-0.15, -0.1) is 0 Å². The minimum absolute atomic E-state index is 0.0245. The lowest BCUT2D eigenvalue weighted by atomic mass is 9.46. The Morgan fingerprint density at radius 1 is 1.07 bits per heavy atom. The number of fused-ring (bicyclic) bond motifs is 1. The number of carbonyl (C=O) groups excluding carboxylic acids is 5. The van der Waals surface area contributed by atoms with Crippen molar-refractivity contribution in [2.24, 2.45) is 22.7 Å². The van der Waals surface area contributed by atoms with Crippen molar-refractivity contribution in [3.8, 4) is 0 Å². The average Bonchev–Trinajstić information content (AvgIpc) is 3.30. The molecule has 6 atom stereocenters. The molecule has 1 N–H and O–H groups in total. The summed E-state index contributed by atoms with van der Waals surface area (Å²) in [6.07, 6.45) is 3.85. The second-order valence-electron chi connectivity index (χ2n) is 12.3. The molecule has 3 aliphatic rings. The fourth-order valence-electron chi connectivity index (χ4n) is 7.31. The third-order valence-corrected chi connectivity index (χ3v) is 9.44. The van der Waals surface area contributed by atoms with Gasteiger partial charge in [-0.2, -0.15) is 0 Å². The highest BCUT2D eigenvalue weighted by atomic mass is 16.6. The van der Waals surface area contributed by atoms with Gasteiger partial charge in [-0.3, -0.25) is 19.2 Å². The van der Waals surface area contributed by atoms with Crippen LogP contribution in [-0.2, 0) is 38.1 Å². The quantitative estimate of drug-likeness (QED) is 0.194. The number of cyclic esters (lactones) is 1. The van der Waals surface area contributed by atoms with Crippen molar-refractivity contribution in [3.63, 3.8) is 0 Å². The molecule has 0 bridgehead atoms. The molecule has 10 heteroatoms. The number of rotatable bonds is 9. The van der Waals surface area contributed by atoms with Gasteiger partial charge in [0.05, 0.1) is 5.57 Å². The maximum Gasteiger partial charge on any atom is 0.337 e. The molecule has 2 aliphatic carbocycles. The summed E-state index contributed by atoms with van der Waals surface area (Å²) in [7, 11) is 0. The largest absolute Gasteiger partial charge is 0.465 e. The molecule has 1 aromatic carbocycles. The second-order valence-corrected chi connectivity index (χ2v) is 12.3. The lowest BCUT2D eigenvalue weighted by Crippen LogP contribution is -2.58. The van der Waals surface area contributed by atoms with Gasteiger partial charge in [0, 0.05) is 24.8 Å². The molecule has 2 saturated carbocycles. The summed E-state index contributed by atoms with van der Waals surface area (Å²) in [5, 5.41) is 2.53. The summed E-state index contributed by atoms with van der Waals surface area (Å²) in [6.45, 7) is 11.0. The molecule has 1 saturated heterocycles. The van der Waals surface area contributed by atoms with Crippen molar-refractivity contribution in [1.29, 1.82) is 0 Å². The summed E-state index contributed by atoms with van der Waals surface area (Å²) < 4.78 is 22.0. The zero-order chi connectivity index (χ0) is 31.4. The topological polar surface area (TPSA) is 134 Å². The molecule has 43 heavy (non-hydrogen) atoms. The first-order valence-corrected chi connectivity index (χ1v) is 14.7. The molecule has 0 aromatic heterocycles. The molecule has 232 valence electrons. The minimum atomic E-state index is -0.886. The van der Waals surface area contributed by atoms with E-state index >= 15 is 0 Å². The van der Waals surface area contributed by atoms with E-state index in [0.717, 1.165) is 24.8 Å². The molecule has 2 unspecified atom stereocenters. The van der Waals surface area contributed by atoms with Crippen LogP contribution < -0.4 is 5.32 Å². The van der Waals surface area contributed by atoms with Crippen LogP contribution in [0.25, 0.3) is 0 Å². The predicted molar refractivity (Wildman–Crippen MR) is 155 cm³/mol. The lowest BCUT2D eigenvalue weighted by Gasteiger charge is -2.60. The Bertz CT molecular complexity index is 1300. The Hall–Kier alpha value is -3.95. The molecule has 1 aromatic rings. The van der Waals surface area contributed by atoms with Crippen LogP contribution in [0, 0.1) is 22.7 Å². The Morgan fingerprint density at radius 2 is 1.79 bits per heavy atom. The van der Waals surface area contributed by atoms with Crippen LogP contribution in [0.5, 0.6) is 0 Å². The van der Waals surface area contributed by atoms with Crippen LogP contribution in [0.1, 0.15) is 70.2 Å². The smallest absolute Gasteiger partial charge is 0.337 e. The Kier molecular flexibility index (Phi) is 9.77. The van der Waals surface area contributed by atoms with E-state index in [9.17, 15) is 24.0 Å². The molecule has 1 amide bonds. The van der Waals surface area contributed by atoms with Gasteiger partial charge in [0.2, 0.25) is 0 Å². The highest BCUT2D eigenvalue weighted by molar-refractivity contribution is 5.96. The van der Waals surface area contributed by atoms with E-state index in [1.165, 1.54) is 13.8 Å². The van der Waals surface area contributed by atoms with E-state index in [4.69, 9.17) is 18.9 Å². The number of carbonyl (C=O) groups is 5. The molecule has 3 fully saturated rings. The van der Waals surface area contributed by atoms with Gasteiger partial charge in [-0.1, -0.05) is 50.3 Å². The first-order chi connectivity index (χ1) is 20.3. The SMILES string of the molecule is C=C1CCC2[C@](C)(COC(C)=O)[C@H](OC(C)=O)CC[C@@]2(C)[C@@H]1C/C=C1\C(=O)OCC1OC(=O)CNC(=O)c1ccccc1. The molecule has 1 aliphatic heterocycles. The number of amides is 1. The number of esters is 4. The summed E-state index contributed by atoms with van der Waals surface area (Å²) in [5.74, 6) is -2.38. The number of hydrogen-bond acceptors (Lipinski definition) is 9. The van der Waals surface area contributed by atoms with Gasteiger partial charge in [-0.05, 0) is 61.5 Å². The predicted octanol–water partition coefficient (Wildman–Crippen LogP) is 4.09. The molecular weight excluding hydrogens is 554 g/mol. The highest BCUT2D eigenvalue weighted by Crippen LogP contribution is 2.62. The van der Waals surface area contributed by atoms with Crippen LogP contribution in [0.3, 0.4) is 0 Å². The van der Waals surface area contributed by atoms with Crippen molar-refractivity contribution in [2.45, 2.75) is 72.0 Å². The normalized spacial score (nSPS) is 31.0. The van der Waals surface area contributed by atoms with Gasteiger partial charge >= 0.3 is 23.9 Å². The van der Waals surface area contributed by atoms with E-state index in [0.29, 0.717) is 18.4 Å². The fourth-order valence-corrected chi connectivity index (χ4v) is 7.31. The molecule has 4 rings (SSSR count). The van der Waals surface area contributed by atoms with E-state index in [1.807, 2.05) is 6.92 Å². The van der Waals surface area contributed by atoms with Crippen LogP contribution >= 0.6 is 0 Å². The van der Waals surface area contributed by atoms with E-state index in [1.54, 1.807) is 36.4 Å². The molecule has 1 heterocycles. The maximum atomic E-state index is 12.7.